The molecule has 1 N–H and O–H groups in total. The van der Waals surface area contributed by atoms with Crippen LogP contribution in [0.15, 0.2) is 103 Å². The van der Waals surface area contributed by atoms with E-state index in [1.54, 1.807) is 49.1 Å². The van der Waals surface area contributed by atoms with Gasteiger partial charge in [-0.05, 0) is 61.6 Å². The summed E-state index contributed by atoms with van der Waals surface area (Å²) < 4.78 is 11.7. The zero-order chi connectivity index (χ0) is 34.2. The van der Waals surface area contributed by atoms with Gasteiger partial charge in [-0.3, -0.25) is 14.9 Å². The average molecular weight is 652 g/mol. The molecule has 5 rings (SSSR count). The molecule has 0 aliphatic carbocycles. The maximum atomic E-state index is 14.6. The number of carboxylic acids is 1. The van der Waals surface area contributed by atoms with Gasteiger partial charge in [0.25, 0.3) is 5.69 Å². The van der Waals surface area contributed by atoms with E-state index in [1.807, 2.05) is 54.6 Å². The number of anilines is 1. The summed E-state index contributed by atoms with van der Waals surface area (Å²) in [7, 11) is 0. The SMILES string of the molecule is CCOC(=O)[C@H](CCc1ccccc1)N(c1ccc([N+](=O)[O-])cc1Oc1ccccc1)[C@@H](C)C(=O)N1Cc2ccccc2C[C@H]1C(=O)O. The molecule has 0 spiro atoms. The van der Waals surface area contributed by atoms with Gasteiger partial charge in [0.1, 0.15) is 23.9 Å². The number of esters is 1. The Hall–Kier alpha value is -5.71. The van der Waals surface area contributed by atoms with E-state index < -0.39 is 40.9 Å². The fraction of sp³-hybridized carbons (Fsp3) is 0.270. The molecule has 0 bridgehead atoms. The number of rotatable bonds is 13. The lowest BCUT2D eigenvalue weighted by molar-refractivity contribution is -0.384. The molecular formula is C37H37N3O8. The topological polar surface area (TPSA) is 140 Å². The third-order valence-electron chi connectivity index (χ3n) is 8.44. The van der Waals surface area contributed by atoms with Gasteiger partial charge in [-0.25, -0.2) is 9.59 Å². The van der Waals surface area contributed by atoms with Gasteiger partial charge >= 0.3 is 11.9 Å². The van der Waals surface area contributed by atoms with Gasteiger partial charge in [-0.1, -0.05) is 72.8 Å². The second-order valence-electron chi connectivity index (χ2n) is 11.5. The fourth-order valence-electron chi connectivity index (χ4n) is 6.06. The third kappa shape index (κ3) is 7.63. The first-order valence-corrected chi connectivity index (χ1v) is 15.8. The Balaban J connectivity index is 1.63. The number of ether oxygens (including phenoxy) is 2. The van der Waals surface area contributed by atoms with Crippen molar-refractivity contribution in [3.63, 3.8) is 0 Å². The predicted molar refractivity (Wildman–Crippen MR) is 179 cm³/mol. The molecule has 1 heterocycles. The number of carbonyl (C=O) groups is 3. The van der Waals surface area contributed by atoms with Crippen molar-refractivity contribution in [3.8, 4) is 11.5 Å². The van der Waals surface area contributed by atoms with E-state index in [2.05, 4.69) is 0 Å². The number of carboxylic acid groups (broad SMARTS) is 1. The van der Waals surface area contributed by atoms with Crippen molar-refractivity contribution in [1.29, 1.82) is 0 Å². The summed E-state index contributed by atoms with van der Waals surface area (Å²) >= 11 is 0. The van der Waals surface area contributed by atoms with Crippen molar-refractivity contribution in [1.82, 2.24) is 4.90 Å². The number of aliphatic carboxylic acids is 1. The first-order valence-electron chi connectivity index (χ1n) is 15.8. The molecule has 11 nitrogen and oxygen atoms in total. The third-order valence-corrected chi connectivity index (χ3v) is 8.44. The van der Waals surface area contributed by atoms with Crippen LogP contribution in [0.2, 0.25) is 0 Å². The van der Waals surface area contributed by atoms with Crippen molar-refractivity contribution in [2.24, 2.45) is 0 Å². The Morgan fingerprint density at radius 2 is 1.60 bits per heavy atom. The lowest BCUT2D eigenvalue weighted by Crippen LogP contribution is -2.58. The smallest absolute Gasteiger partial charge is 0.328 e. The Labute approximate surface area is 278 Å². The van der Waals surface area contributed by atoms with Crippen molar-refractivity contribution in [2.45, 2.75) is 57.8 Å². The molecule has 4 aromatic carbocycles. The van der Waals surface area contributed by atoms with Crippen LogP contribution in [0.5, 0.6) is 11.5 Å². The number of fused-ring (bicyclic) bond motifs is 1. The summed E-state index contributed by atoms with van der Waals surface area (Å²) in [4.78, 5) is 55.1. The minimum Gasteiger partial charge on any atom is -0.480 e. The Morgan fingerprint density at radius 1 is 0.958 bits per heavy atom. The van der Waals surface area contributed by atoms with E-state index in [0.29, 0.717) is 12.2 Å². The van der Waals surface area contributed by atoms with E-state index in [4.69, 9.17) is 9.47 Å². The molecule has 48 heavy (non-hydrogen) atoms. The van der Waals surface area contributed by atoms with Crippen molar-refractivity contribution >= 4 is 29.2 Å². The maximum Gasteiger partial charge on any atom is 0.328 e. The number of carbonyl (C=O) groups excluding carboxylic acids is 2. The molecule has 1 aliphatic rings. The summed E-state index contributed by atoms with van der Waals surface area (Å²) in [5.74, 6) is -1.85. The van der Waals surface area contributed by atoms with E-state index in [-0.39, 0.29) is 43.1 Å². The zero-order valence-corrected chi connectivity index (χ0v) is 26.7. The number of amides is 1. The molecule has 0 saturated heterocycles. The van der Waals surface area contributed by atoms with Gasteiger partial charge in [0.2, 0.25) is 5.91 Å². The fourth-order valence-corrected chi connectivity index (χ4v) is 6.06. The van der Waals surface area contributed by atoms with Gasteiger partial charge in [0.05, 0.1) is 23.3 Å². The number of benzene rings is 4. The van der Waals surface area contributed by atoms with Crippen LogP contribution in [0.4, 0.5) is 11.4 Å². The van der Waals surface area contributed by atoms with Gasteiger partial charge in [0.15, 0.2) is 5.75 Å². The van der Waals surface area contributed by atoms with Crippen molar-refractivity contribution in [2.75, 3.05) is 11.5 Å². The lowest BCUT2D eigenvalue weighted by Gasteiger charge is -2.41. The average Bonchev–Trinajstić information content (AvgIpc) is 3.10. The van der Waals surface area contributed by atoms with Gasteiger partial charge < -0.3 is 24.4 Å². The predicted octanol–water partition coefficient (Wildman–Crippen LogP) is 6.18. The quantitative estimate of drug-likeness (QED) is 0.102. The van der Waals surface area contributed by atoms with E-state index >= 15 is 0 Å². The molecule has 11 heteroatoms. The number of hydrogen-bond acceptors (Lipinski definition) is 8. The number of para-hydroxylation sites is 1. The molecule has 4 aromatic rings. The minimum atomic E-state index is -1.15. The Bertz CT molecular complexity index is 1770. The van der Waals surface area contributed by atoms with Crippen LogP contribution < -0.4 is 9.64 Å². The minimum absolute atomic E-state index is 0.0443. The summed E-state index contributed by atoms with van der Waals surface area (Å²) in [6, 6.07) is 26.2. The number of nitrogens with zero attached hydrogens (tertiary/aromatic N) is 3. The number of hydrogen-bond donors (Lipinski definition) is 1. The molecule has 0 saturated carbocycles. The molecular weight excluding hydrogens is 614 g/mol. The summed E-state index contributed by atoms with van der Waals surface area (Å²) in [6.07, 6.45) is 0.783. The van der Waals surface area contributed by atoms with Crippen molar-refractivity contribution < 1.29 is 33.9 Å². The van der Waals surface area contributed by atoms with Crippen LogP contribution in [-0.2, 0) is 38.5 Å². The maximum absolute atomic E-state index is 14.6. The highest BCUT2D eigenvalue weighted by Crippen LogP contribution is 2.39. The monoisotopic (exact) mass is 651 g/mol. The first kappa shape index (κ1) is 33.6. The van der Waals surface area contributed by atoms with Crippen LogP contribution in [0.1, 0.15) is 37.0 Å². The van der Waals surface area contributed by atoms with Crippen molar-refractivity contribution in [3.05, 3.63) is 130 Å². The largest absolute Gasteiger partial charge is 0.480 e. The standard InChI is InChI=1S/C37H37N3O8/c1-3-47-37(44)32(20-18-26-12-6-4-7-13-26)39(31-21-19-29(40(45)46)23-34(31)48-30-16-8-5-9-17-30)25(2)35(41)38-24-28-15-11-10-14-27(28)22-33(38)36(42)43/h4-17,19,21,23,25,32-33H,3,18,20,22,24H2,1-2H3,(H,42,43)/t25-,32-,33-/m0/s1. The number of nitro benzene ring substituents is 1. The van der Waals surface area contributed by atoms with Gasteiger partial charge in [0, 0.05) is 19.0 Å². The first-order chi connectivity index (χ1) is 23.2. The highest BCUT2D eigenvalue weighted by molar-refractivity contribution is 5.92. The Morgan fingerprint density at radius 3 is 2.25 bits per heavy atom. The second kappa shape index (κ2) is 15.3. The normalized spacial score (nSPS) is 15.0. The molecule has 0 fully saturated rings. The molecule has 0 radical (unpaired) electrons. The number of aryl methyl sites for hydroxylation is 1. The molecule has 3 atom stereocenters. The van der Waals surface area contributed by atoms with Gasteiger partial charge in [-0.15, -0.1) is 0 Å². The zero-order valence-electron chi connectivity index (χ0n) is 26.7. The van der Waals surface area contributed by atoms with Crippen LogP contribution >= 0.6 is 0 Å². The van der Waals surface area contributed by atoms with Crippen LogP contribution in [-0.4, -0.2) is 57.5 Å². The second-order valence-corrected chi connectivity index (χ2v) is 11.5. The van der Waals surface area contributed by atoms with E-state index in [9.17, 15) is 29.6 Å². The summed E-state index contributed by atoms with van der Waals surface area (Å²) in [6.45, 7) is 3.42. The number of non-ortho nitro benzene ring substituents is 1. The molecule has 248 valence electrons. The summed E-state index contributed by atoms with van der Waals surface area (Å²) in [5.41, 5.74) is 2.62. The summed E-state index contributed by atoms with van der Waals surface area (Å²) in [5, 5.41) is 22.1. The molecule has 1 amide bonds. The van der Waals surface area contributed by atoms with Gasteiger partial charge in [-0.2, -0.15) is 0 Å². The van der Waals surface area contributed by atoms with Crippen LogP contribution in [0, 0.1) is 10.1 Å². The number of nitro groups is 1. The van der Waals surface area contributed by atoms with E-state index in [1.165, 1.54) is 23.1 Å². The molecule has 1 aliphatic heterocycles. The highest BCUT2D eigenvalue weighted by Gasteiger charge is 2.42. The van der Waals surface area contributed by atoms with E-state index in [0.717, 1.165) is 16.7 Å². The molecule has 0 aromatic heterocycles. The lowest BCUT2D eigenvalue weighted by atomic mass is 9.93. The highest BCUT2D eigenvalue weighted by atomic mass is 16.6. The van der Waals surface area contributed by atoms with Crippen LogP contribution in [0.3, 0.4) is 0 Å². The van der Waals surface area contributed by atoms with Crippen LogP contribution in [0.25, 0.3) is 0 Å². The molecule has 0 unspecified atom stereocenters. The Kier molecular flexibility index (Phi) is 10.7.